The second-order valence-electron chi connectivity index (χ2n) is 8.14. The van der Waals surface area contributed by atoms with Crippen molar-refractivity contribution in [3.05, 3.63) is 60.9 Å². The van der Waals surface area contributed by atoms with Gasteiger partial charge in [0.2, 0.25) is 0 Å². The molecule has 0 fully saturated rings. The summed E-state index contributed by atoms with van der Waals surface area (Å²) in [6.45, 7) is 5.53. The van der Waals surface area contributed by atoms with Crippen molar-refractivity contribution in [2.45, 2.75) is 26.4 Å². The molecule has 1 amide bonds. The molecule has 0 spiro atoms. The molecule has 7 heteroatoms. The van der Waals surface area contributed by atoms with E-state index in [0.717, 1.165) is 33.2 Å². The lowest BCUT2D eigenvalue weighted by molar-refractivity contribution is 0.0636. The van der Waals surface area contributed by atoms with Crippen molar-refractivity contribution in [2.75, 3.05) is 5.32 Å². The number of carbonyl (C=O) groups is 1. The lowest BCUT2D eigenvalue weighted by atomic mass is 10.2. The Bertz CT molecular complexity index is 1270. The Balaban J connectivity index is 0.000000185. The molecule has 2 heterocycles. The van der Waals surface area contributed by atoms with Gasteiger partial charge in [-0.05, 0) is 45.1 Å². The minimum Gasteiger partial charge on any atom is -0.444 e. The molecule has 0 radical (unpaired) electrons. The lowest BCUT2D eigenvalue weighted by Gasteiger charge is -2.19. The molecule has 0 aliphatic carbocycles. The van der Waals surface area contributed by atoms with Crippen molar-refractivity contribution in [3.8, 4) is 0 Å². The zero-order valence-electron chi connectivity index (χ0n) is 18.3. The number of anilines is 1. The van der Waals surface area contributed by atoms with E-state index in [0.29, 0.717) is 0 Å². The van der Waals surface area contributed by atoms with Crippen LogP contribution in [0.25, 0.3) is 21.8 Å². The molecular formula is C24H26N4O2S. The highest BCUT2D eigenvalue weighted by molar-refractivity contribution is 7.78. The van der Waals surface area contributed by atoms with Crippen LogP contribution in [0, 0.1) is 0 Å². The molecule has 0 aliphatic heterocycles. The monoisotopic (exact) mass is 434 g/mol. The molecule has 2 aromatic heterocycles. The number of rotatable bonds is 2. The lowest BCUT2D eigenvalue weighted by Crippen LogP contribution is -2.27. The summed E-state index contributed by atoms with van der Waals surface area (Å²) in [5, 5.41) is 7.28. The second kappa shape index (κ2) is 9.16. The molecule has 6 nitrogen and oxygen atoms in total. The number of carbonyl (C=O) groups excluding carboxylic acids is 1. The summed E-state index contributed by atoms with van der Waals surface area (Å²) in [4.78, 5) is 15.7. The van der Waals surface area contributed by atoms with E-state index in [1.54, 1.807) is 0 Å². The molecule has 0 unspecified atom stereocenters. The van der Waals surface area contributed by atoms with Crippen LogP contribution in [0.1, 0.15) is 20.8 Å². The van der Waals surface area contributed by atoms with Crippen molar-refractivity contribution in [2.24, 2.45) is 19.1 Å². The van der Waals surface area contributed by atoms with E-state index in [1.807, 2.05) is 98.9 Å². The van der Waals surface area contributed by atoms with Gasteiger partial charge in [0.1, 0.15) is 5.60 Å². The van der Waals surface area contributed by atoms with Crippen LogP contribution in [0.4, 0.5) is 16.2 Å². The van der Waals surface area contributed by atoms with Gasteiger partial charge in [0, 0.05) is 42.8 Å². The smallest absolute Gasteiger partial charge is 0.412 e. The zero-order valence-corrected chi connectivity index (χ0v) is 19.2. The van der Waals surface area contributed by atoms with Gasteiger partial charge in [-0.1, -0.05) is 36.4 Å². The molecule has 0 bridgehead atoms. The number of benzene rings is 2. The molecule has 31 heavy (non-hydrogen) atoms. The van der Waals surface area contributed by atoms with E-state index in [-0.39, 0.29) is 0 Å². The highest BCUT2D eigenvalue weighted by atomic mass is 32.1. The highest BCUT2D eigenvalue weighted by Crippen LogP contribution is 2.27. The number of aliphatic imine (C=N–C) groups is 1. The number of aryl methyl sites for hydroxylation is 2. The number of thiocarbonyl (C=S) groups is 1. The van der Waals surface area contributed by atoms with Gasteiger partial charge in [-0.2, -0.15) is 4.99 Å². The van der Waals surface area contributed by atoms with Crippen molar-refractivity contribution >= 4 is 56.7 Å². The number of nitrogens with one attached hydrogen (secondary N) is 1. The normalized spacial score (nSPS) is 10.9. The Kier molecular flexibility index (Phi) is 6.59. The van der Waals surface area contributed by atoms with Crippen LogP contribution < -0.4 is 5.32 Å². The van der Waals surface area contributed by atoms with Crippen LogP contribution in [0.5, 0.6) is 0 Å². The SMILES string of the molecule is Cn1cc(N=C=S)c2ccccc21.Cn1cc(NC(=O)OC(C)(C)C)c2ccccc21. The molecule has 0 saturated heterocycles. The molecule has 160 valence electrons. The van der Waals surface area contributed by atoms with E-state index in [4.69, 9.17) is 4.74 Å². The Labute approximate surface area is 187 Å². The van der Waals surface area contributed by atoms with Gasteiger partial charge in [0.15, 0.2) is 0 Å². The summed E-state index contributed by atoms with van der Waals surface area (Å²) in [7, 11) is 3.94. The number of nitrogens with zero attached hydrogens (tertiary/aromatic N) is 3. The van der Waals surface area contributed by atoms with Gasteiger partial charge < -0.3 is 13.9 Å². The summed E-state index contributed by atoms with van der Waals surface area (Å²) >= 11 is 4.58. The van der Waals surface area contributed by atoms with Crippen LogP contribution in [-0.4, -0.2) is 26.0 Å². The number of hydrogen-bond acceptors (Lipinski definition) is 4. The predicted molar refractivity (Wildman–Crippen MR) is 130 cm³/mol. The third-order valence-corrected chi connectivity index (χ3v) is 4.67. The summed E-state index contributed by atoms with van der Waals surface area (Å²) < 4.78 is 9.24. The summed E-state index contributed by atoms with van der Waals surface area (Å²) in [6.07, 6.45) is 3.40. The fraction of sp³-hybridized carbons (Fsp3) is 0.250. The molecule has 0 aliphatic rings. The molecule has 4 rings (SSSR count). The van der Waals surface area contributed by atoms with Gasteiger partial charge in [-0.3, -0.25) is 5.32 Å². The fourth-order valence-corrected chi connectivity index (χ4v) is 3.41. The first-order valence-electron chi connectivity index (χ1n) is 9.85. The van der Waals surface area contributed by atoms with E-state index < -0.39 is 11.7 Å². The quantitative estimate of drug-likeness (QED) is 0.292. The summed E-state index contributed by atoms with van der Waals surface area (Å²) in [5.41, 5.74) is 3.39. The van der Waals surface area contributed by atoms with Crippen molar-refractivity contribution in [3.63, 3.8) is 0 Å². The highest BCUT2D eigenvalue weighted by Gasteiger charge is 2.17. The van der Waals surface area contributed by atoms with E-state index in [1.165, 1.54) is 0 Å². The first kappa shape index (κ1) is 22.3. The van der Waals surface area contributed by atoms with Gasteiger partial charge in [0.25, 0.3) is 0 Å². The standard InChI is InChI=1S/C14H18N2O2.C10H8N2S/c1-14(2,3)18-13(17)15-11-9-16(4)12-8-6-5-7-10(11)12;1-12-6-9(11-7-13)8-4-2-3-5-10(8)12/h5-9H,1-4H3,(H,15,17);2-6H,1H3. The Morgan fingerprint density at radius 1 is 0.968 bits per heavy atom. The second-order valence-corrected chi connectivity index (χ2v) is 8.33. The minimum absolute atomic E-state index is 0.432. The van der Waals surface area contributed by atoms with Crippen molar-refractivity contribution in [1.29, 1.82) is 0 Å². The van der Waals surface area contributed by atoms with Crippen molar-refractivity contribution < 1.29 is 9.53 Å². The maximum atomic E-state index is 11.7. The molecule has 0 atom stereocenters. The number of fused-ring (bicyclic) bond motifs is 2. The first-order valence-corrected chi connectivity index (χ1v) is 10.3. The topological polar surface area (TPSA) is 60.5 Å². The zero-order chi connectivity index (χ0) is 22.6. The number of hydrogen-bond donors (Lipinski definition) is 1. The van der Waals surface area contributed by atoms with E-state index >= 15 is 0 Å². The Morgan fingerprint density at radius 3 is 2.13 bits per heavy atom. The van der Waals surface area contributed by atoms with Gasteiger partial charge in [-0.15, -0.1) is 0 Å². The Morgan fingerprint density at radius 2 is 1.52 bits per heavy atom. The predicted octanol–water partition coefficient (Wildman–Crippen LogP) is 6.44. The van der Waals surface area contributed by atoms with Crippen LogP contribution in [0.3, 0.4) is 0 Å². The maximum Gasteiger partial charge on any atom is 0.412 e. The molecule has 1 N–H and O–H groups in total. The van der Waals surface area contributed by atoms with Crippen LogP contribution in [-0.2, 0) is 18.8 Å². The third-order valence-electron chi connectivity index (χ3n) is 4.57. The number of para-hydroxylation sites is 2. The van der Waals surface area contributed by atoms with Gasteiger partial charge >= 0.3 is 6.09 Å². The number of amides is 1. The third kappa shape index (κ3) is 5.40. The molecular weight excluding hydrogens is 408 g/mol. The summed E-state index contributed by atoms with van der Waals surface area (Å²) in [5.74, 6) is 0. The first-order chi connectivity index (χ1) is 14.7. The largest absolute Gasteiger partial charge is 0.444 e. The number of ether oxygens (including phenoxy) is 1. The number of isothiocyanates is 1. The number of aromatic nitrogens is 2. The fourth-order valence-electron chi connectivity index (χ4n) is 3.31. The van der Waals surface area contributed by atoms with E-state index in [9.17, 15) is 4.79 Å². The van der Waals surface area contributed by atoms with Crippen LogP contribution in [0.15, 0.2) is 65.9 Å². The van der Waals surface area contributed by atoms with Crippen molar-refractivity contribution in [1.82, 2.24) is 9.13 Å². The van der Waals surface area contributed by atoms with Gasteiger partial charge in [0.05, 0.1) is 22.1 Å². The van der Waals surface area contributed by atoms with Crippen LogP contribution >= 0.6 is 12.2 Å². The Hall–Kier alpha value is -3.41. The van der Waals surface area contributed by atoms with E-state index in [2.05, 4.69) is 33.8 Å². The van der Waals surface area contributed by atoms with Gasteiger partial charge in [-0.25, -0.2) is 4.79 Å². The molecule has 0 saturated carbocycles. The maximum absolute atomic E-state index is 11.7. The average Bonchev–Trinajstić information content (AvgIpc) is 3.19. The average molecular weight is 435 g/mol. The summed E-state index contributed by atoms with van der Waals surface area (Å²) in [6, 6.07) is 16.0. The minimum atomic E-state index is -0.491. The molecule has 2 aromatic carbocycles. The van der Waals surface area contributed by atoms with Crippen LogP contribution in [0.2, 0.25) is 0 Å². The molecule has 4 aromatic rings.